The number of halogens is 1. The van der Waals surface area contributed by atoms with Crippen LogP contribution in [-0.4, -0.2) is 14.7 Å². The van der Waals surface area contributed by atoms with Gasteiger partial charge in [-0.25, -0.2) is 9.73 Å². The third-order valence-electron chi connectivity index (χ3n) is 0.215. The van der Waals surface area contributed by atoms with Crippen LogP contribution in [0.3, 0.4) is 0 Å². The fraction of sp³-hybridized carbons (Fsp3) is 0. The van der Waals surface area contributed by atoms with E-state index in [0.29, 0.717) is 0 Å². The Morgan fingerprint density at radius 3 is 1.78 bits per heavy atom. The van der Waals surface area contributed by atoms with Gasteiger partial charge < -0.3 is 14.7 Å². The maximum absolute atomic E-state index is 11.5. The van der Waals surface area contributed by atoms with Crippen molar-refractivity contribution < 1.29 is 27.8 Å². The van der Waals surface area contributed by atoms with Crippen molar-refractivity contribution in [2.45, 2.75) is 0 Å². The molecule has 0 radical (unpaired) electrons. The summed E-state index contributed by atoms with van der Waals surface area (Å²) < 4.78 is 24.1. The van der Waals surface area contributed by atoms with Crippen molar-refractivity contribution in [1.29, 1.82) is 5.16 Å². The second-order valence-electron chi connectivity index (χ2n) is 1.07. The third kappa shape index (κ3) is 8.23. The van der Waals surface area contributed by atoms with Crippen LogP contribution in [0.25, 0.3) is 0 Å². The van der Waals surface area contributed by atoms with E-state index in [0.717, 1.165) is 0 Å². The number of rotatable bonds is 2. The van der Waals surface area contributed by atoms with E-state index in [9.17, 15) is 8.76 Å². The van der Waals surface area contributed by atoms with Gasteiger partial charge in [-0.2, -0.15) is 4.31 Å². The van der Waals surface area contributed by atoms with Crippen LogP contribution >= 0.6 is 15.6 Å². The Morgan fingerprint density at radius 1 is 1.44 bits per heavy atom. The van der Waals surface area contributed by atoms with Crippen molar-refractivity contribution >= 4 is 15.6 Å². The number of nitrogens with one attached hydrogen (secondary N) is 1. The molecule has 9 heavy (non-hydrogen) atoms. The molecule has 0 aliphatic carbocycles. The molecule has 1 atom stereocenters. The minimum absolute atomic E-state index is 2.96. The van der Waals surface area contributed by atoms with Crippen LogP contribution in [-0.2, 0) is 8.88 Å². The zero-order chi connectivity index (χ0) is 7.71. The summed E-state index contributed by atoms with van der Waals surface area (Å²) in [6, 6.07) is 0. The largest absolute Gasteiger partial charge is 0.477 e. The summed E-state index contributed by atoms with van der Waals surface area (Å²) in [6.07, 6.45) is 0. The average Bonchev–Trinajstić information content (AvgIpc) is 1.14. The Labute approximate surface area is 49.7 Å². The van der Waals surface area contributed by atoms with E-state index in [2.05, 4.69) is 4.31 Å². The fourth-order valence-electron chi connectivity index (χ4n) is 0.141. The zero-order valence-electron chi connectivity index (χ0n) is 3.93. The fourth-order valence-corrected chi connectivity index (χ4v) is 1.27. The van der Waals surface area contributed by atoms with Gasteiger partial charge in [-0.1, -0.05) is 0 Å². The van der Waals surface area contributed by atoms with Gasteiger partial charge in [-0.15, -0.1) is 4.20 Å². The molecule has 0 bridgehead atoms. The minimum Gasteiger partial charge on any atom is -0.315 e. The first-order chi connectivity index (χ1) is 3.71. The van der Waals surface area contributed by atoms with Gasteiger partial charge in [0.25, 0.3) is 0 Å². The number of phosphoric acid groups is 1. The van der Waals surface area contributed by atoms with E-state index in [1.54, 1.807) is 0 Å². The van der Waals surface area contributed by atoms with Crippen LogP contribution < -0.4 is 0 Å². The summed E-state index contributed by atoms with van der Waals surface area (Å²) in [5, 5.41) is 5.87. The van der Waals surface area contributed by atoms with Crippen molar-refractivity contribution in [3.63, 3.8) is 0 Å². The lowest BCUT2D eigenvalue weighted by Crippen LogP contribution is -1.80. The molecule has 0 amide bonds. The van der Waals surface area contributed by atoms with Gasteiger partial charge in [-0.05, 0) is 0 Å². The second kappa shape index (κ2) is 2.46. The molecular weight excluding hydrogens is 175 g/mol. The molecule has 0 fully saturated rings. The molecule has 0 aromatic heterocycles. The zero-order valence-corrected chi connectivity index (χ0v) is 5.72. The Kier molecular flexibility index (Phi) is 2.52. The van der Waals surface area contributed by atoms with Crippen LogP contribution in [0.4, 0.5) is 4.20 Å². The lowest BCUT2D eigenvalue weighted by molar-refractivity contribution is 0.267. The quantitative estimate of drug-likeness (QED) is 0.463. The average molecular weight is 179 g/mol. The Balaban J connectivity index is 4.07. The van der Waals surface area contributed by atoms with E-state index < -0.39 is 15.6 Å². The molecule has 56 valence electrons. The van der Waals surface area contributed by atoms with E-state index in [-0.39, 0.29) is 0 Å². The summed E-state index contributed by atoms with van der Waals surface area (Å²) in [6.45, 7) is 0. The molecule has 0 heterocycles. The monoisotopic (exact) mass is 179 g/mol. The topological polar surface area (TPSA) is 111 Å². The Hall–Kier alpha value is 0.230. The predicted molar refractivity (Wildman–Crippen MR) is 26.1 cm³/mol. The van der Waals surface area contributed by atoms with Crippen molar-refractivity contribution in [1.82, 2.24) is 0 Å². The number of hydrogen-bond donors (Lipinski definition) is 4. The maximum atomic E-state index is 11.5. The highest BCUT2D eigenvalue weighted by molar-refractivity contribution is 7.61. The van der Waals surface area contributed by atoms with Gasteiger partial charge in [0.2, 0.25) is 0 Å². The second-order valence-corrected chi connectivity index (χ2v) is 3.71. The maximum Gasteiger partial charge on any atom is 0.477 e. The van der Waals surface area contributed by atoms with E-state index >= 15 is 0 Å². The van der Waals surface area contributed by atoms with E-state index in [1.165, 1.54) is 0 Å². The molecule has 0 aromatic carbocycles. The van der Waals surface area contributed by atoms with Crippen LogP contribution in [0.2, 0.25) is 0 Å². The molecule has 0 saturated heterocycles. The van der Waals surface area contributed by atoms with Gasteiger partial charge in [0.15, 0.2) is 0 Å². The van der Waals surface area contributed by atoms with E-state index in [1.807, 2.05) is 0 Å². The molecule has 0 rings (SSSR count). The first-order valence-electron chi connectivity index (χ1n) is 1.54. The first-order valence-corrected chi connectivity index (χ1v) is 4.62. The molecule has 1 unspecified atom stereocenters. The molecule has 0 aliphatic heterocycles. The lowest BCUT2D eigenvalue weighted by atomic mass is 14.0. The first kappa shape index (κ1) is 9.23. The smallest absolute Gasteiger partial charge is 0.315 e. The van der Waals surface area contributed by atoms with Crippen LogP contribution in [0.5, 0.6) is 0 Å². The molecule has 6 nitrogen and oxygen atoms in total. The van der Waals surface area contributed by atoms with Gasteiger partial charge in [0.1, 0.15) is 0 Å². The molecule has 0 aliphatic rings. The molecule has 9 heteroatoms. The van der Waals surface area contributed by atoms with Crippen LogP contribution in [0.1, 0.15) is 0 Å². The summed E-state index contributed by atoms with van der Waals surface area (Å²) >= 11 is 0. The van der Waals surface area contributed by atoms with Crippen molar-refractivity contribution in [2.24, 2.45) is 0 Å². The number of hydrogen-bond acceptors (Lipinski definition) is 3. The molecular formula is H4FNO5P2. The highest BCUT2D eigenvalue weighted by Gasteiger charge is 2.25. The van der Waals surface area contributed by atoms with Crippen molar-refractivity contribution in [2.75, 3.05) is 0 Å². The normalized spacial score (nSPS) is 19.1. The van der Waals surface area contributed by atoms with Gasteiger partial charge in [0, 0.05) is 0 Å². The van der Waals surface area contributed by atoms with Gasteiger partial charge >= 0.3 is 15.6 Å². The molecule has 0 spiro atoms. The Bertz CT molecular complexity index is 155. The summed E-state index contributed by atoms with van der Waals surface area (Å²) in [4.78, 5) is 23.2. The minimum atomic E-state index is -5.05. The van der Waals surface area contributed by atoms with Crippen molar-refractivity contribution in [3.8, 4) is 0 Å². The lowest BCUT2D eigenvalue weighted by Gasteiger charge is -2.04. The highest BCUT2D eigenvalue weighted by Crippen LogP contribution is 2.58. The molecule has 0 saturated carbocycles. The summed E-state index contributed by atoms with van der Waals surface area (Å²) in [5.74, 6) is 0. The van der Waals surface area contributed by atoms with Crippen molar-refractivity contribution in [3.05, 3.63) is 0 Å². The standard InChI is InChI=1S/FH4NO5P2/c1-8(2,3)7-9(4,5)6/h(H2,2,3)(H2,4,5,6). The van der Waals surface area contributed by atoms with Crippen LogP contribution in [0, 0.1) is 5.16 Å². The van der Waals surface area contributed by atoms with Gasteiger partial charge in [-0.3, -0.25) is 0 Å². The van der Waals surface area contributed by atoms with Gasteiger partial charge in [0.05, 0.1) is 0 Å². The SMILES string of the molecule is N=P(O)(F)OP(=O)(O)O. The predicted octanol–water partition coefficient (Wildman–Crippen LogP) is 0.582. The van der Waals surface area contributed by atoms with Crippen LogP contribution in [0.15, 0.2) is 0 Å². The third-order valence-corrected chi connectivity index (χ3v) is 1.93. The summed E-state index contributed by atoms with van der Waals surface area (Å²) in [5.41, 5.74) is 0. The molecule has 4 N–H and O–H groups in total. The summed E-state index contributed by atoms with van der Waals surface area (Å²) in [7, 11) is -10.1. The Morgan fingerprint density at radius 2 is 1.78 bits per heavy atom. The van der Waals surface area contributed by atoms with E-state index in [4.69, 9.17) is 19.8 Å². The molecule has 0 aromatic rings. The highest BCUT2D eigenvalue weighted by atomic mass is 31.3.